The van der Waals surface area contributed by atoms with Gasteiger partial charge in [0.05, 0.1) is 0 Å². The zero-order valence-corrected chi connectivity index (χ0v) is 37.0. The van der Waals surface area contributed by atoms with Gasteiger partial charge in [0.25, 0.3) is 0 Å². The van der Waals surface area contributed by atoms with Crippen LogP contribution in [0.5, 0.6) is 0 Å². The van der Waals surface area contributed by atoms with Gasteiger partial charge in [0, 0.05) is 55.4 Å². The molecular formula is C56H57BN2. The number of allylic oxidation sites excluding steroid dienone is 1. The molecule has 7 aromatic rings. The maximum Gasteiger partial charge on any atom is 0.329 e. The van der Waals surface area contributed by atoms with E-state index in [1.165, 1.54) is 131 Å². The third-order valence-corrected chi connectivity index (χ3v) is 16.5. The fraction of sp³-hybridized carbons (Fsp3) is 0.357. The minimum atomic E-state index is -0.234. The van der Waals surface area contributed by atoms with E-state index in [0.717, 1.165) is 0 Å². The Bertz CT molecular complexity index is 3110. The van der Waals surface area contributed by atoms with Crippen molar-refractivity contribution < 1.29 is 0 Å². The molecule has 0 bridgehead atoms. The lowest BCUT2D eigenvalue weighted by atomic mass is 9.40. The normalized spacial score (nSPS) is 20.7. The van der Waals surface area contributed by atoms with Crippen molar-refractivity contribution in [1.82, 2.24) is 4.48 Å². The molecule has 12 rings (SSSR count). The molecule has 0 saturated heterocycles. The van der Waals surface area contributed by atoms with Gasteiger partial charge in [-0.05, 0) is 151 Å². The van der Waals surface area contributed by atoms with Crippen LogP contribution >= 0.6 is 0 Å². The monoisotopic (exact) mass is 768 g/mol. The summed E-state index contributed by atoms with van der Waals surface area (Å²) >= 11 is 0. The van der Waals surface area contributed by atoms with E-state index in [1.54, 1.807) is 5.56 Å². The quantitative estimate of drug-likeness (QED) is 0.151. The number of aryl methyl sites for hydroxylation is 1. The van der Waals surface area contributed by atoms with Crippen molar-refractivity contribution in [3.63, 3.8) is 0 Å². The fourth-order valence-electron chi connectivity index (χ4n) is 12.9. The molecule has 0 atom stereocenters. The summed E-state index contributed by atoms with van der Waals surface area (Å²) in [5, 5.41) is 5.31. The highest BCUT2D eigenvalue weighted by atomic mass is 15.2. The maximum absolute atomic E-state index is 2.79. The number of rotatable bonds is 1. The molecule has 0 saturated carbocycles. The first-order valence-electron chi connectivity index (χ1n) is 22.4. The molecule has 0 radical (unpaired) electrons. The summed E-state index contributed by atoms with van der Waals surface area (Å²) in [6, 6.07) is 38.9. The van der Waals surface area contributed by atoms with Crippen LogP contribution < -0.4 is 10.4 Å². The zero-order valence-electron chi connectivity index (χ0n) is 37.0. The first kappa shape index (κ1) is 35.9. The molecule has 3 heterocycles. The average molecular weight is 769 g/mol. The van der Waals surface area contributed by atoms with E-state index in [0.29, 0.717) is 0 Å². The van der Waals surface area contributed by atoms with Gasteiger partial charge >= 0.3 is 6.85 Å². The third-order valence-electron chi connectivity index (χ3n) is 16.5. The second-order valence-electron chi connectivity index (χ2n) is 22.4. The number of hydrogen-bond acceptors (Lipinski definition) is 1. The van der Waals surface area contributed by atoms with Gasteiger partial charge in [-0.15, -0.1) is 0 Å². The predicted octanol–water partition coefficient (Wildman–Crippen LogP) is 14.1. The lowest BCUT2D eigenvalue weighted by molar-refractivity contribution is 0.331. The van der Waals surface area contributed by atoms with Crippen molar-refractivity contribution in [3.05, 3.63) is 141 Å². The number of aromatic nitrogens is 1. The second kappa shape index (κ2) is 11.0. The highest BCUT2D eigenvalue weighted by Gasteiger charge is 2.54. The van der Waals surface area contributed by atoms with Gasteiger partial charge in [-0.2, -0.15) is 0 Å². The SMILES string of the molecule is Cc1cc2c3c(c1)N(c1ccc4c(c1)C(C)(C)CCC4(C)C)C1=C(B3n3c4cc5ccccc5cc4c4cccc-2c43)C(C)(C)c2cc3c(cc21)C(C)(C)CCC3(C)C. The number of fused-ring (bicyclic) bond motifs is 11. The van der Waals surface area contributed by atoms with Crippen LogP contribution in [0.2, 0.25) is 0 Å². The van der Waals surface area contributed by atoms with Crippen LogP contribution in [0, 0.1) is 6.92 Å². The highest BCUT2D eigenvalue weighted by Crippen LogP contribution is 2.60. The van der Waals surface area contributed by atoms with E-state index in [1.807, 2.05) is 0 Å². The smallest absolute Gasteiger partial charge is 0.329 e. The van der Waals surface area contributed by atoms with Gasteiger partial charge in [0.1, 0.15) is 0 Å². The Labute approximate surface area is 351 Å². The topological polar surface area (TPSA) is 8.17 Å². The number of nitrogens with zero attached hydrogens (tertiary/aromatic N) is 2. The molecule has 0 fully saturated rings. The Morgan fingerprint density at radius 1 is 0.508 bits per heavy atom. The van der Waals surface area contributed by atoms with E-state index in [-0.39, 0.29) is 33.9 Å². The lowest BCUT2D eigenvalue weighted by Crippen LogP contribution is -2.52. The van der Waals surface area contributed by atoms with Gasteiger partial charge in [-0.3, -0.25) is 0 Å². The average Bonchev–Trinajstić information content (AvgIpc) is 3.63. The van der Waals surface area contributed by atoms with E-state index >= 15 is 0 Å². The van der Waals surface area contributed by atoms with Crippen molar-refractivity contribution in [2.24, 2.45) is 0 Å². The van der Waals surface area contributed by atoms with Crippen LogP contribution in [0.4, 0.5) is 11.4 Å². The van der Waals surface area contributed by atoms with E-state index in [4.69, 9.17) is 0 Å². The first-order chi connectivity index (χ1) is 27.9. The number of hydrogen-bond donors (Lipinski definition) is 0. The molecule has 1 aromatic heterocycles. The Balaban J connectivity index is 1.25. The highest BCUT2D eigenvalue weighted by molar-refractivity contribution is 6.85. The summed E-state index contributed by atoms with van der Waals surface area (Å²) in [7, 11) is 0. The van der Waals surface area contributed by atoms with Gasteiger partial charge < -0.3 is 9.38 Å². The summed E-state index contributed by atoms with van der Waals surface area (Å²) in [4.78, 5) is 2.75. The van der Waals surface area contributed by atoms with E-state index in [2.05, 4.69) is 183 Å². The molecule has 0 N–H and O–H groups in total. The molecule has 59 heavy (non-hydrogen) atoms. The number of benzene rings is 6. The Morgan fingerprint density at radius 3 is 1.83 bits per heavy atom. The summed E-state index contributed by atoms with van der Waals surface area (Å²) in [5.74, 6) is 0. The van der Waals surface area contributed by atoms with Crippen molar-refractivity contribution in [3.8, 4) is 11.1 Å². The van der Waals surface area contributed by atoms with Crippen LogP contribution in [0.3, 0.4) is 0 Å². The Kier molecular flexibility index (Phi) is 6.70. The van der Waals surface area contributed by atoms with Crippen LogP contribution in [0.25, 0.3) is 49.4 Å². The molecule has 294 valence electrons. The van der Waals surface area contributed by atoms with Crippen molar-refractivity contribution in [1.29, 1.82) is 0 Å². The standard InChI is InChI=1S/C56H57BN2/c1-32-25-39-37-18-14-17-36-38-27-33-15-12-13-16-34(33)28-46(38)59(49(36)37)57-48(39)47(26-32)58(35-19-20-41-43(29-35)53(4,5)22-21-52(41,2)3)50-40-30-44-45(31-42(40)56(10,11)51(50)57)55(8,9)24-23-54(44,6)7/h12-20,25-31H,21-24H2,1-11H3. The van der Waals surface area contributed by atoms with E-state index in [9.17, 15) is 0 Å². The summed E-state index contributed by atoms with van der Waals surface area (Å²) < 4.78 is 2.79. The molecule has 2 aliphatic heterocycles. The molecule has 0 spiro atoms. The Hall–Kier alpha value is -5.02. The van der Waals surface area contributed by atoms with Crippen LogP contribution in [0.1, 0.15) is 134 Å². The van der Waals surface area contributed by atoms with Gasteiger partial charge in [-0.25, -0.2) is 0 Å². The molecule has 3 aliphatic carbocycles. The lowest BCUT2D eigenvalue weighted by Gasteiger charge is -2.45. The minimum absolute atomic E-state index is 0.0383. The molecule has 6 aromatic carbocycles. The number of anilines is 2. The van der Waals surface area contributed by atoms with Gasteiger partial charge in [0.2, 0.25) is 0 Å². The van der Waals surface area contributed by atoms with Crippen molar-refractivity contribution >= 4 is 62.0 Å². The fourth-order valence-corrected chi connectivity index (χ4v) is 12.9. The third kappa shape index (κ3) is 4.50. The molecule has 3 heteroatoms. The maximum atomic E-state index is 2.79. The Morgan fingerprint density at radius 2 is 1.14 bits per heavy atom. The van der Waals surface area contributed by atoms with Crippen molar-refractivity contribution in [2.45, 2.75) is 129 Å². The molecule has 0 unspecified atom stereocenters. The number of para-hydroxylation sites is 1. The van der Waals surface area contributed by atoms with Gasteiger partial charge in [-0.1, -0.05) is 130 Å². The molecule has 0 amide bonds. The van der Waals surface area contributed by atoms with Crippen LogP contribution in [-0.4, -0.2) is 11.3 Å². The van der Waals surface area contributed by atoms with E-state index < -0.39 is 0 Å². The summed E-state index contributed by atoms with van der Waals surface area (Å²) in [5.41, 5.74) is 23.0. The first-order valence-corrected chi connectivity index (χ1v) is 22.4. The minimum Gasteiger partial charge on any atom is -0.376 e. The summed E-state index contributed by atoms with van der Waals surface area (Å²) in [6.45, 7) is 27.3. The molecule has 5 aliphatic rings. The predicted molar refractivity (Wildman–Crippen MR) is 253 cm³/mol. The molecule has 2 nitrogen and oxygen atoms in total. The van der Waals surface area contributed by atoms with Crippen molar-refractivity contribution in [2.75, 3.05) is 4.90 Å². The largest absolute Gasteiger partial charge is 0.376 e. The van der Waals surface area contributed by atoms with Crippen LogP contribution in [-0.2, 0) is 27.1 Å². The second-order valence-corrected chi connectivity index (χ2v) is 22.4. The van der Waals surface area contributed by atoms with Crippen LogP contribution in [0.15, 0.2) is 103 Å². The summed E-state index contributed by atoms with van der Waals surface area (Å²) in [6.07, 6.45) is 4.82. The van der Waals surface area contributed by atoms with Gasteiger partial charge in [0.15, 0.2) is 0 Å². The molecular weight excluding hydrogens is 711 g/mol. The zero-order chi connectivity index (χ0) is 40.9.